The Morgan fingerprint density at radius 3 is 2.72 bits per heavy atom. The van der Waals surface area contributed by atoms with Crippen molar-refractivity contribution in [3.05, 3.63) is 0 Å². The van der Waals surface area contributed by atoms with Crippen molar-refractivity contribution < 1.29 is 17.9 Å². The third kappa shape index (κ3) is 3.02. The number of carbonyl (C=O) groups excluding carboxylic acids is 1. The van der Waals surface area contributed by atoms with E-state index in [1.54, 1.807) is 6.92 Å². The third-order valence-electron chi connectivity index (χ3n) is 3.59. The molecule has 2 aliphatic rings. The van der Waals surface area contributed by atoms with E-state index in [4.69, 9.17) is 10.5 Å². The van der Waals surface area contributed by atoms with Gasteiger partial charge in [-0.25, -0.2) is 8.42 Å². The largest absolute Gasteiger partial charge is 0.364 e. The first-order chi connectivity index (χ1) is 8.34. The Morgan fingerprint density at radius 1 is 1.50 bits per heavy atom. The number of hydrogen-bond acceptors (Lipinski definition) is 5. The van der Waals surface area contributed by atoms with Crippen LogP contribution >= 0.6 is 0 Å². The van der Waals surface area contributed by atoms with E-state index in [2.05, 4.69) is 5.32 Å². The van der Waals surface area contributed by atoms with Gasteiger partial charge in [-0.1, -0.05) is 0 Å². The standard InChI is InChI=1S/C11H20N2O4S/c1-11(4-5-18(15,16)7-11)13-10(14)9-3-2-8(6-12)17-9/h8-9H,2-7,12H2,1H3,(H,13,14). The van der Waals surface area contributed by atoms with E-state index in [-0.39, 0.29) is 23.5 Å². The highest BCUT2D eigenvalue weighted by molar-refractivity contribution is 7.91. The molecule has 7 heteroatoms. The molecule has 3 atom stereocenters. The van der Waals surface area contributed by atoms with Crippen LogP contribution in [0.3, 0.4) is 0 Å². The molecule has 2 fully saturated rings. The van der Waals surface area contributed by atoms with Gasteiger partial charge in [0, 0.05) is 6.54 Å². The Kier molecular flexibility index (Phi) is 3.66. The van der Waals surface area contributed by atoms with Crippen LogP contribution in [-0.4, -0.2) is 50.1 Å². The van der Waals surface area contributed by atoms with Gasteiger partial charge < -0.3 is 15.8 Å². The molecule has 0 aromatic heterocycles. The average Bonchev–Trinajstić information content (AvgIpc) is 2.83. The van der Waals surface area contributed by atoms with Crippen LogP contribution in [0.15, 0.2) is 0 Å². The van der Waals surface area contributed by atoms with Crippen LogP contribution < -0.4 is 11.1 Å². The average molecular weight is 276 g/mol. The van der Waals surface area contributed by atoms with Crippen LogP contribution in [0.5, 0.6) is 0 Å². The predicted octanol–water partition coefficient (Wildman–Crippen LogP) is -0.814. The van der Waals surface area contributed by atoms with Crippen LogP contribution in [0, 0.1) is 0 Å². The fourth-order valence-corrected chi connectivity index (χ4v) is 4.65. The van der Waals surface area contributed by atoms with Crippen molar-refractivity contribution in [2.24, 2.45) is 5.73 Å². The van der Waals surface area contributed by atoms with Crippen LogP contribution in [0.25, 0.3) is 0 Å². The number of amides is 1. The van der Waals surface area contributed by atoms with Crippen molar-refractivity contribution in [1.82, 2.24) is 5.32 Å². The minimum atomic E-state index is -3.01. The molecule has 0 aromatic rings. The maximum Gasteiger partial charge on any atom is 0.249 e. The zero-order valence-electron chi connectivity index (χ0n) is 10.5. The maximum atomic E-state index is 12.0. The molecule has 2 rings (SSSR count). The monoisotopic (exact) mass is 276 g/mol. The van der Waals surface area contributed by atoms with E-state index in [0.29, 0.717) is 19.4 Å². The van der Waals surface area contributed by atoms with Gasteiger partial charge in [0.25, 0.3) is 0 Å². The molecule has 1 amide bonds. The van der Waals surface area contributed by atoms with E-state index < -0.39 is 21.5 Å². The van der Waals surface area contributed by atoms with E-state index in [9.17, 15) is 13.2 Å². The Morgan fingerprint density at radius 2 is 2.22 bits per heavy atom. The molecule has 6 nitrogen and oxygen atoms in total. The molecular formula is C11H20N2O4S. The summed E-state index contributed by atoms with van der Waals surface area (Å²) >= 11 is 0. The Balaban J connectivity index is 1.92. The molecule has 2 saturated heterocycles. The molecule has 0 radical (unpaired) electrons. The molecule has 0 bridgehead atoms. The number of carbonyl (C=O) groups is 1. The molecule has 2 heterocycles. The summed E-state index contributed by atoms with van der Waals surface area (Å²) in [7, 11) is -3.01. The lowest BCUT2D eigenvalue weighted by Gasteiger charge is -2.25. The molecule has 3 unspecified atom stereocenters. The van der Waals surface area contributed by atoms with Crippen molar-refractivity contribution >= 4 is 15.7 Å². The SMILES string of the molecule is CC1(NC(=O)C2CCC(CN)O2)CCS(=O)(=O)C1. The number of nitrogens with one attached hydrogen (secondary N) is 1. The number of hydrogen-bond donors (Lipinski definition) is 2. The summed E-state index contributed by atoms with van der Waals surface area (Å²) in [6, 6.07) is 0. The maximum absolute atomic E-state index is 12.0. The van der Waals surface area contributed by atoms with Crippen LogP contribution in [0.2, 0.25) is 0 Å². The van der Waals surface area contributed by atoms with Crippen molar-refractivity contribution in [1.29, 1.82) is 0 Å². The molecule has 104 valence electrons. The first-order valence-corrected chi connectivity index (χ1v) is 8.04. The Labute approximate surface area is 107 Å². The lowest BCUT2D eigenvalue weighted by atomic mass is 10.0. The minimum Gasteiger partial charge on any atom is -0.364 e. The number of nitrogens with two attached hydrogens (primary N) is 1. The first-order valence-electron chi connectivity index (χ1n) is 6.21. The van der Waals surface area contributed by atoms with Gasteiger partial charge in [-0.05, 0) is 26.2 Å². The van der Waals surface area contributed by atoms with E-state index in [0.717, 1.165) is 6.42 Å². The smallest absolute Gasteiger partial charge is 0.249 e. The van der Waals surface area contributed by atoms with Gasteiger partial charge in [0.1, 0.15) is 6.10 Å². The van der Waals surface area contributed by atoms with Crippen molar-refractivity contribution in [2.45, 2.75) is 43.9 Å². The fourth-order valence-electron chi connectivity index (χ4n) is 2.56. The molecule has 0 aliphatic carbocycles. The lowest BCUT2D eigenvalue weighted by Crippen LogP contribution is -2.50. The predicted molar refractivity (Wildman–Crippen MR) is 66.8 cm³/mol. The van der Waals surface area contributed by atoms with E-state index in [1.165, 1.54) is 0 Å². The summed E-state index contributed by atoms with van der Waals surface area (Å²) in [6.45, 7) is 2.18. The highest BCUT2D eigenvalue weighted by Gasteiger charge is 2.41. The number of ether oxygens (including phenoxy) is 1. The number of sulfone groups is 1. The summed E-state index contributed by atoms with van der Waals surface area (Å²) in [4.78, 5) is 12.0. The van der Waals surface area contributed by atoms with Crippen LogP contribution in [0.1, 0.15) is 26.2 Å². The second-order valence-corrected chi connectivity index (χ2v) is 7.64. The summed E-state index contributed by atoms with van der Waals surface area (Å²) in [5, 5.41) is 2.81. The summed E-state index contributed by atoms with van der Waals surface area (Å²) in [6.07, 6.45) is 1.35. The second kappa shape index (κ2) is 4.79. The molecule has 0 saturated carbocycles. The van der Waals surface area contributed by atoms with Gasteiger partial charge in [-0.15, -0.1) is 0 Å². The van der Waals surface area contributed by atoms with Gasteiger partial charge in [-0.2, -0.15) is 0 Å². The lowest BCUT2D eigenvalue weighted by molar-refractivity contribution is -0.133. The third-order valence-corrected chi connectivity index (χ3v) is 5.49. The van der Waals surface area contributed by atoms with Gasteiger partial charge in [0.2, 0.25) is 5.91 Å². The molecule has 0 aromatic carbocycles. The molecule has 2 aliphatic heterocycles. The van der Waals surface area contributed by atoms with E-state index >= 15 is 0 Å². The van der Waals surface area contributed by atoms with Gasteiger partial charge >= 0.3 is 0 Å². The molecule has 18 heavy (non-hydrogen) atoms. The van der Waals surface area contributed by atoms with Gasteiger partial charge in [-0.3, -0.25) is 4.79 Å². The highest BCUT2D eigenvalue weighted by atomic mass is 32.2. The minimum absolute atomic E-state index is 0.0127. The Bertz CT molecular complexity index is 436. The zero-order chi connectivity index (χ0) is 13.4. The number of rotatable bonds is 3. The highest BCUT2D eigenvalue weighted by Crippen LogP contribution is 2.25. The van der Waals surface area contributed by atoms with Crippen molar-refractivity contribution in [3.8, 4) is 0 Å². The first kappa shape index (κ1) is 13.8. The normalized spacial score (nSPS) is 38.8. The molecule has 0 spiro atoms. The zero-order valence-corrected chi connectivity index (χ0v) is 11.3. The van der Waals surface area contributed by atoms with Crippen LogP contribution in [-0.2, 0) is 19.4 Å². The second-order valence-electron chi connectivity index (χ2n) is 5.45. The topological polar surface area (TPSA) is 98.5 Å². The van der Waals surface area contributed by atoms with Gasteiger partial charge in [0.05, 0.1) is 23.1 Å². The van der Waals surface area contributed by atoms with Crippen molar-refractivity contribution in [3.63, 3.8) is 0 Å². The van der Waals surface area contributed by atoms with E-state index in [1.807, 2.05) is 0 Å². The fraction of sp³-hybridized carbons (Fsp3) is 0.909. The van der Waals surface area contributed by atoms with Crippen LogP contribution in [0.4, 0.5) is 0 Å². The van der Waals surface area contributed by atoms with Crippen molar-refractivity contribution in [2.75, 3.05) is 18.1 Å². The summed E-state index contributed by atoms with van der Waals surface area (Å²) < 4.78 is 28.4. The quantitative estimate of drug-likeness (QED) is 0.702. The van der Waals surface area contributed by atoms with Gasteiger partial charge in [0.15, 0.2) is 9.84 Å². The molecular weight excluding hydrogens is 256 g/mol. The summed E-state index contributed by atoms with van der Waals surface area (Å²) in [5.74, 6) is -0.0648. The summed E-state index contributed by atoms with van der Waals surface area (Å²) in [5.41, 5.74) is 4.83. The molecule has 3 N–H and O–H groups in total. The Hall–Kier alpha value is -0.660.